The van der Waals surface area contributed by atoms with Crippen molar-refractivity contribution < 1.29 is 19.4 Å². The molecule has 5 nitrogen and oxygen atoms in total. The quantitative estimate of drug-likeness (QED) is 0.385. The van der Waals surface area contributed by atoms with E-state index >= 15 is 0 Å². The largest absolute Gasteiger partial charge is 0.508 e. The fraction of sp³-hybridized carbons (Fsp3) is 0. The number of phenols is 1. The van der Waals surface area contributed by atoms with E-state index < -0.39 is 11.6 Å². The van der Waals surface area contributed by atoms with Gasteiger partial charge in [-0.05, 0) is 34.9 Å². The standard InChI is InChI=1S/C24H16O5/c25-18-11-12-19-20(14-18)29-24(28)23(16-4-2-1-3-5-16)22(19)17-9-6-15(7-10-17)8-13-21(26)27/h1-14,25H,(H,26,27)/b13-8+. The Labute approximate surface area is 165 Å². The normalized spacial score (nSPS) is 11.2. The number of fused-ring (bicyclic) bond motifs is 1. The van der Waals surface area contributed by atoms with Gasteiger partial charge in [0.15, 0.2) is 0 Å². The fourth-order valence-corrected chi connectivity index (χ4v) is 3.28. The number of hydrogen-bond acceptors (Lipinski definition) is 4. The van der Waals surface area contributed by atoms with Gasteiger partial charge >= 0.3 is 11.6 Å². The topological polar surface area (TPSA) is 87.7 Å². The zero-order chi connectivity index (χ0) is 20.4. The molecule has 3 aromatic carbocycles. The van der Waals surface area contributed by atoms with Crippen molar-refractivity contribution in [3.8, 4) is 28.0 Å². The Morgan fingerprint density at radius 2 is 1.55 bits per heavy atom. The molecular formula is C24H16O5. The SMILES string of the molecule is O=C(O)/C=C/c1ccc(-c2c(-c3ccccc3)c(=O)oc3cc(O)ccc23)cc1. The monoisotopic (exact) mass is 384 g/mol. The summed E-state index contributed by atoms with van der Waals surface area (Å²) in [6.07, 6.45) is 2.57. The van der Waals surface area contributed by atoms with Crippen molar-refractivity contribution in [2.24, 2.45) is 0 Å². The van der Waals surface area contributed by atoms with Crippen molar-refractivity contribution >= 4 is 23.0 Å². The van der Waals surface area contributed by atoms with Crippen LogP contribution in [0.5, 0.6) is 5.75 Å². The van der Waals surface area contributed by atoms with Gasteiger partial charge < -0.3 is 14.6 Å². The Morgan fingerprint density at radius 3 is 2.24 bits per heavy atom. The van der Waals surface area contributed by atoms with Gasteiger partial charge in [0, 0.05) is 23.1 Å². The minimum atomic E-state index is -1.02. The second-order valence-electron chi connectivity index (χ2n) is 6.48. The smallest absolute Gasteiger partial charge is 0.344 e. The van der Waals surface area contributed by atoms with Crippen LogP contribution >= 0.6 is 0 Å². The Morgan fingerprint density at radius 1 is 0.862 bits per heavy atom. The van der Waals surface area contributed by atoms with Gasteiger partial charge in [-0.2, -0.15) is 0 Å². The Balaban J connectivity index is 1.99. The van der Waals surface area contributed by atoms with E-state index in [4.69, 9.17) is 9.52 Å². The fourth-order valence-electron chi connectivity index (χ4n) is 3.28. The van der Waals surface area contributed by atoms with Crippen molar-refractivity contribution in [1.29, 1.82) is 0 Å². The Kier molecular flexibility index (Phi) is 4.71. The molecule has 1 aromatic heterocycles. The summed E-state index contributed by atoms with van der Waals surface area (Å²) < 4.78 is 5.49. The number of hydrogen-bond donors (Lipinski definition) is 2. The third-order valence-electron chi connectivity index (χ3n) is 4.57. The van der Waals surface area contributed by atoms with E-state index in [9.17, 15) is 14.7 Å². The van der Waals surface area contributed by atoms with Crippen LogP contribution < -0.4 is 5.63 Å². The van der Waals surface area contributed by atoms with E-state index in [-0.39, 0.29) is 5.75 Å². The summed E-state index contributed by atoms with van der Waals surface area (Å²) in [6.45, 7) is 0. The number of phenolic OH excluding ortho intramolecular Hbond substituents is 1. The molecule has 0 spiro atoms. The van der Waals surface area contributed by atoms with Crippen LogP contribution in [-0.2, 0) is 4.79 Å². The predicted octanol–water partition coefficient (Wildman–Crippen LogP) is 4.93. The average molecular weight is 384 g/mol. The van der Waals surface area contributed by atoms with E-state index in [1.165, 1.54) is 12.1 Å². The van der Waals surface area contributed by atoms with Gasteiger partial charge in [-0.15, -0.1) is 0 Å². The van der Waals surface area contributed by atoms with Crippen LogP contribution in [-0.4, -0.2) is 16.2 Å². The van der Waals surface area contributed by atoms with Crippen LogP contribution in [0.25, 0.3) is 39.3 Å². The maximum Gasteiger partial charge on any atom is 0.344 e. The molecule has 0 bridgehead atoms. The zero-order valence-corrected chi connectivity index (χ0v) is 15.2. The summed E-state index contributed by atoms with van der Waals surface area (Å²) in [6, 6.07) is 21.1. The van der Waals surface area contributed by atoms with Gasteiger partial charge in [-0.3, -0.25) is 0 Å². The summed E-state index contributed by atoms with van der Waals surface area (Å²) >= 11 is 0. The van der Waals surface area contributed by atoms with Crippen molar-refractivity contribution in [2.75, 3.05) is 0 Å². The number of rotatable bonds is 4. The van der Waals surface area contributed by atoms with Gasteiger partial charge in [0.2, 0.25) is 0 Å². The second kappa shape index (κ2) is 7.48. The molecule has 0 radical (unpaired) electrons. The lowest BCUT2D eigenvalue weighted by Gasteiger charge is -2.13. The highest BCUT2D eigenvalue weighted by atomic mass is 16.4. The first-order valence-electron chi connectivity index (χ1n) is 8.89. The second-order valence-corrected chi connectivity index (χ2v) is 6.48. The van der Waals surface area contributed by atoms with Gasteiger partial charge in [0.05, 0.1) is 5.56 Å². The van der Waals surface area contributed by atoms with E-state index in [1.807, 2.05) is 42.5 Å². The van der Waals surface area contributed by atoms with Gasteiger partial charge in [-0.1, -0.05) is 54.6 Å². The lowest BCUT2D eigenvalue weighted by atomic mass is 9.92. The highest BCUT2D eigenvalue weighted by molar-refractivity contribution is 6.01. The van der Waals surface area contributed by atoms with E-state index in [0.29, 0.717) is 22.1 Å². The average Bonchev–Trinajstić information content (AvgIpc) is 2.72. The maximum atomic E-state index is 12.9. The van der Waals surface area contributed by atoms with Crippen LogP contribution in [0.4, 0.5) is 0 Å². The summed E-state index contributed by atoms with van der Waals surface area (Å²) in [7, 11) is 0. The first-order valence-corrected chi connectivity index (χ1v) is 8.89. The van der Waals surface area contributed by atoms with Gasteiger partial charge in [-0.25, -0.2) is 9.59 Å². The van der Waals surface area contributed by atoms with Crippen LogP contribution in [0, 0.1) is 0 Å². The van der Waals surface area contributed by atoms with Crippen LogP contribution in [0.3, 0.4) is 0 Å². The van der Waals surface area contributed by atoms with Crippen molar-refractivity contribution in [2.45, 2.75) is 0 Å². The predicted molar refractivity (Wildman–Crippen MR) is 112 cm³/mol. The summed E-state index contributed by atoms with van der Waals surface area (Å²) in [4.78, 5) is 23.6. The summed E-state index contributed by atoms with van der Waals surface area (Å²) in [5.74, 6) is -1.01. The first-order chi connectivity index (χ1) is 14.0. The number of carbonyl (C=O) groups is 1. The molecule has 5 heteroatoms. The lowest BCUT2D eigenvalue weighted by molar-refractivity contribution is -0.131. The Bertz CT molecular complexity index is 1280. The van der Waals surface area contributed by atoms with Crippen molar-refractivity contribution in [3.63, 3.8) is 0 Å². The van der Waals surface area contributed by atoms with E-state index in [1.54, 1.807) is 24.3 Å². The number of benzene rings is 3. The molecule has 4 aromatic rings. The summed E-state index contributed by atoms with van der Waals surface area (Å²) in [5.41, 5.74) is 3.14. The third-order valence-corrected chi connectivity index (χ3v) is 4.57. The van der Waals surface area contributed by atoms with Gasteiger partial charge in [0.1, 0.15) is 11.3 Å². The number of carboxylic acids is 1. The van der Waals surface area contributed by atoms with Crippen molar-refractivity contribution in [1.82, 2.24) is 0 Å². The highest BCUT2D eigenvalue weighted by Gasteiger charge is 2.18. The molecular weight excluding hydrogens is 368 g/mol. The summed E-state index contributed by atoms with van der Waals surface area (Å²) in [5, 5.41) is 19.3. The number of carboxylic acid groups (broad SMARTS) is 1. The number of aliphatic carboxylic acids is 1. The molecule has 0 aliphatic carbocycles. The molecule has 4 rings (SSSR count). The molecule has 0 saturated heterocycles. The molecule has 0 unspecified atom stereocenters. The molecule has 1 heterocycles. The van der Waals surface area contributed by atoms with Gasteiger partial charge in [0.25, 0.3) is 0 Å². The molecule has 142 valence electrons. The molecule has 0 aliphatic rings. The van der Waals surface area contributed by atoms with Crippen molar-refractivity contribution in [3.05, 3.63) is 94.9 Å². The van der Waals surface area contributed by atoms with Crippen LogP contribution in [0.15, 0.2) is 88.1 Å². The van der Waals surface area contributed by atoms with E-state index in [2.05, 4.69) is 0 Å². The van der Waals surface area contributed by atoms with Crippen LogP contribution in [0.2, 0.25) is 0 Å². The minimum Gasteiger partial charge on any atom is -0.508 e. The molecule has 2 N–H and O–H groups in total. The highest BCUT2D eigenvalue weighted by Crippen LogP contribution is 2.37. The molecule has 0 saturated carbocycles. The van der Waals surface area contributed by atoms with E-state index in [0.717, 1.165) is 22.8 Å². The molecule has 0 aliphatic heterocycles. The Hall–Kier alpha value is -4.12. The maximum absolute atomic E-state index is 12.9. The van der Waals surface area contributed by atoms with Crippen LogP contribution in [0.1, 0.15) is 5.56 Å². The number of aromatic hydroxyl groups is 1. The molecule has 0 fully saturated rings. The third kappa shape index (κ3) is 3.66. The molecule has 29 heavy (non-hydrogen) atoms. The molecule has 0 atom stereocenters. The minimum absolute atomic E-state index is 0.00761. The lowest BCUT2D eigenvalue weighted by Crippen LogP contribution is -2.06. The first kappa shape index (κ1) is 18.3. The molecule has 0 amide bonds. The zero-order valence-electron chi connectivity index (χ0n) is 15.2.